The summed E-state index contributed by atoms with van der Waals surface area (Å²) in [5.74, 6) is 0.551. The highest BCUT2D eigenvalue weighted by Crippen LogP contribution is 2.36. The highest BCUT2D eigenvalue weighted by atomic mass is 35.5. The first-order valence-corrected chi connectivity index (χ1v) is 11.5. The third kappa shape index (κ3) is 8.26. The second-order valence-electron chi connectivity index (χ2n) is 8.20. The zero-order valence-corrected chi connectivity index (χ0v) is 20.5. The van der Waals surface area contributed by atoms with Crippen LogP contribution in [0.15, 0.2) is 39.0 Å². The van der Waals surface area contributed by atoms with E-state index in [9.17, 15) is 14.7 Å². The first kappa shape index (κ1) is 27.1. The van der Waals surface area contributed by atoms with Gasteiger partial charge in [0, 0.05) is 30.1 Å². The lowest BCUT2D eigenvalue weighted by molar-refractivity contribution is -0.132. The number of carbonyl (C=O) groups is 2. The molecule has 0 saturated carbocycles. The summed E-state index contributed by atoms with van der Waals surface area (Å²) >= 11 is 5.95. The lowest BCUT2D eigenvalue weighted by atomic mass is 9.83. The van der Waals surface area contributed by atoms with E-state index in [1.165, 1.54) is 0 Å². The molecule has 1 aliphatic rings. The number of aliphatic hydroxyl groups is 1. The summed E-state index contributed by atoms with van der Waals surface area (Å²) in [6.45, 7) is 11.7. The highest BCUT2D eigenvalue weighted by Gasteiger charge is 2.36. The Kier molecular flexibility index (Phi) is 11.8. The molecule has 0 bridgehead atoms. The molecule has 1 heterocycles. The zero-order valence-electron chi connectivity index (χ0n) is 19.7. The normalized spacial score (nSPS) is 21.9. The van der Waals surface area contributed by atoms with Gasteiger partial charge in [-0.2, -0.15) is 0 Å². The number of amides is 2. The van der Waals surface area contributed by atoms with Crippen LogP contribution in [0.5, 0.6) is 0 Å². The summed E-state index contributed by atoms with van der Waals surface area (Å²) in [5, 5.41) is 13.5. The SMILES string of the molecule is CCCCC1CN(C(C)=O)C(CC(C)O)C(CC)=C1N=C(NC=O)/C(C)=C/C=C(\C)Cl. The average molecular weight is 452 g/mol. The standard InChI is InChI=1S/C24H38ClN3O3/c1-7-9-10-20-14-28(19(6)31)22(13-18(5)30)21(8-2)23(20)27-24(26-15-29)16(3)11-12-17(4)25/h11-12,15,18,20,22,30H,7-10,13-14H2,1-6H3,(H,26,27,29)/b16-11+,17-12+. The van der Waals surface area contributed by atoms with Gasteiger partial charge in [-0.25, -0.2) is 4.99 Å². The van der Waals surface area contributed by atoms with Crippen molar-refractivity contribution in [3.63, 3.8) is 0 Å². The largest absolute Gasteiger partial charge is 0.393 e. The number of nitrogens with one attached hydrogen (secondary N) is 1. The molecule has 0 aliphatic carbocycles. The number of allylic oxidation sites excluding steroid dienone is 3. The van der Waals surface area contributed by atoms with E-state index in [0.717, 1.165) is 36.1 Å². The first-order valence-electron chi connectivity index (χ1n) is 11.1. The molecular formula is C24H38ClN3O3. The minimum Gasteiger partial charge on any atom is -0.393 e. The van der Waals surface area contributed by atoms with E-state index in [4.69, 9.17) is 16.6 Å². The molecule has 0 aromatic heterocycles. The van der Waals surface area contributed by atoms with Gasteiger partial charge >= 0.3 is 0 Å². The molecule has 31 heavy (non-hydrogen) atoms. The van der Waals surface area contributed by atoms with E-state index in [0.29, 0.717) is 36.7 Å². The zero-order chi connectivity index (χ0) is 23.6. The molecule has 7 heteroatoms. The Balaban J connectivity index is 3.66. The summed E-state index contributed by atoms with van der Waals surface area (Å²) in [7, 11) is 0. The number of hydrogen-bond donors (Lipinski definition) is 2. The lowest BCUT2D eigenvalue weighted by Gasteiger charge is -2.42. The molecule has 2 N–H and O–H groups in total. The molecule has 0 saturated heterocycles. The van der Waals surface area contributed by atoms with Crippen molar-refractivity contribution in [3.8, 4) is 0 Å². The smallest absolute Gasteiger partial charge is 0.219 e. The lowest BCUT2D eigenvalue weighted by Crippen LogP contribution is -2.48. The van der Waals surface area contributed by atoms with Crippen LogP contribution in [0.1, 0.15) is 73.6 Å². The van der Waals surface area contributed by atoms with Crippen LogP contribution < -0.4 is 5.32 Å². The van der Waals surface area contributed by atoms with E-state index in [1.54, 1.807) is 26.8 Å². The van der Waals surface area contributed by atoms with Crippen molar-refractivity contribution in [2.24, 2.45) is 10.9 Å². The number of unbranched alkanes of at least 4 members (excludes halogenated alkanes) is 1. The Hall–Kier alpha value is -1.92. The van der Waals surface area contributed by atoms with Crippen LogP contribution in [-0.4, -0.2) is 46.8 Å². The minimum atomic E-state index is -0.545. The molecule has 6 nitrogen and oxygen atoms in total. The fourth-order valence-electron chi connectivity index (χ4n) is 4.00. The maximum Gasteiger partial charge on any atom is 0.219 e. The maximum atomic E-state index is 12.5. The molecule has 0 aromatic rings. The van der Waals surface area contributed by atoms with Crippen LogP contribution in [-0.2, 0) is 9.59 Å². The van der Waals surface area contributed by atoms with Gasteiger partial charge in [0.15, 0.2) is 0 Å². The maximum absolute atomic E-state index is 12.5. The van der Waals surface area contributed by atoms with Crippen LogP contribution in [0.4, 0.5) is 0 Å². The molecule has 3 unspecified atom stereocenters. The molecule has 1 aliphatic heterocycles. The van der Waals surface area contributed by atoms with Crippen LogP contribution >= 0.6 is 11.6 Å². The van der Waals surface area contributed by atoms with E-state index in [-0.39, 0.29) is 17.9 Å². The van der Waals surface area contributed by atoms with Crippen molar-refractivity contribution in [1.29, 1.82) is 0 Å². The van der Waals surface area contributed by atoms with Gasteiger partial charge in [-0.05, 0) is 57.3 Å². The van der Waals surface area contributed by atoms with Gasteiger partial charge < -0.3 is 15.3 Å². The Morgan fingerprint density at radius 2 is 2.00 bits per heavy atom. The van der Waals surface area contributed by atoms with Crippen molar-refractivity contribution in [3.05, 3.63) is 34.0 Å². The summed E-state index contributed by atoms with van der Waals surface area (Å²) in [6.07, 6.45) is 7.80. The number of rotatable bonds is 10. The van der Waals surface area contributed by atoms with Gasteiger partial charge in [0.1, 0.15) is 5.84 Å². The van der Waals surface area contributed by atoms with Crippen LogP contribution in [0.3, 0.4) is 0 Å². The van der Waals surface area contributed by atoms with E-state index in [2.05, 4.69) is 19.2 Å². The minimum absolute atomic E-state index is 0.00571. The Morgan fingerprint density at radius 3 is 2.48 bits per heavy atom. The van der Waals surface area contributed by atoms with Gasteiger partial charge in [0.2, 0.25) is 12.3 Å². The van der Waals surface area contributed by atoms with Gasteiger partial charge in [0.05, 0.1) is 12.1 Å². The van der Waals surface area contributed by atoms with Gasteiger partial charge in [-0.15, -0.1) is 0 Å². The van der Waals surface area contributed by atoms with Crippen LogP contribution in [0, 0.1) is 5.92 Å². The van der Waals surface area contributed by atoms with E-state index in [1.807, 2.05) is 17.9 Å². The van der Waals surface area contributed by atoms with Crippen molar-refractivity contribution >= 4 is 29.8 Å². The third-order valence-corrected chi connectivity index (χ3v) is 5.66. The van der Waals surface area contributed by atoms with Crippen LogP contribution in [0.25, 0.3) is 0 Å². The van der Waals surface area contributed by atoms with Crippen LogP contribution in [0.2, 0.25) is 0 Å². The number of carbonyl (C=O) groups excluding carboxylic acids is 2. The Bertz CT molecular complexity index is 749. The van der Waals surface area contributed by atoms with E-state index >= 15 is 0 Å². The van der Waals surface area contributed by atoms with Gasteiger partial charge in [0.25, 0.3) is 0 Å². The second kappa shape index (κ2) is 13.5. The molecule has 0 spiro atoms. The number of hydrogen-bond acceptors (Lipinski definition) is 4. The number of aliphatic imine (C=N–C) groups is 1. The summed E-state index contributed by atoms with van der Waals surface area (Å²) in [5.41, 5.74) is 2.75. The van der Waals surface area contributed by atoms with Crippen molar-refractivity contribution in [2.45, 2.75) is 85.8 Å². The fourth-order valence-corrected chi connectivity index (χ4v) is 4.06. The summed E-state index contributed by atoms with van der Waals surface area (Å²) in [4.78, 5) is 30.6. The molecule has 0 radical (unpaired) electrons. The number of amidine groups is 1. The van der Waals surface area contributed by atoms with Gasteiger partial charge in [-0.1, -0.05) is 44.4 Å². The molecular weight excluding hydrogens is 414 g/mol. The molecule has 2 amide bonds. The van der Waals surface area contributed by atoms with Crippen molar-refractivity contribution in [1.82, 2.24) is 10.2 Å². The monoisotopic (exact) mass is 451 g/mol. The third-order valence-electron chi connectivity index (χ3n) is 5.53. The van der Waals surface area contributed by atoms with Gasteiger partial charge in [-0.3, -0.25) is 9.59 Å². The van der Waals surface area contributed by atoms with Crippen molar-refractivity contribution in [2.75, 3.05) is 6.54 Å². The summed E-state index contributed by atoms with van der Waals surface area (Å²) in [6, 6.07) is -0.203. The quantitative estimate of drug-likeness (QED) is 0.219. The number of halogens is 1. The predicted molar refractivity (Wildman–Crippen MR) is 128 cm³/mol. The number of aliphatic hydroxyl groups excluding tert-OH is 1. The fraction of sp³-hybridized carbons (Fsp3) is 0.625. The van der Waals surface area contributed by atoms with E-state index < -0.39 is 6.10 Å². The van der Waals surface area contributed by atoms with Crippen molar-refractivity contribution < 1.29 is 14.7 Å². The molecule has 0 fully saturated rings. The molecule has 1 rings (SSSR count). The first-order chi connectivity index (χ1) is 14.7. The Labute approximate surface area is 192 Å². The Morgan fingerprint density at radius 1 is 1.32 bits per heavy atom. The molecule has 0 aromatic carbocycles. The topological polar surface area (TPSA) is 82.0 Å². The molecule has 3 atom stereocenters. The second-order valence-corrected chi connectivity index (χ2v) is 8.80. The predicted octanol–water partition coefficient (Wildman–Crippen LogP) is 4.69. The average Bonchev–Trinajstić information content (AvgIpc) is 2.70. The highest BCUT2D eigenvalue weighted by molar-refractivity contribution is 6.29. The summed E-state index contributed by atoms with van der Waals surface area (Å²) < 4.78 is 0. The molecule has 174 valence electrons. The number of nitrogens with zero attached hydrogens (tertiary/aromatic N) is 2.